The number of piperazine rings is 1. The van der Waals surface area contributed by atoms with E-state index in [1.165, 1.54) is 51.9 Å². The van der Waals surface area contributed by atoms with Crippen LogP contribution in [-0.4, -0.2) is 63.6 Å². The molecular weight excluding hydrogens is 437 g/mol. The van der Waals surface area contributed by atoms with Gasteiger partial charge in [0.25, 0.3) is 0 Å². The predicted molar refractivity (Wildman–Crippen MR) is 106 cm³/mol. The van der Waals surface area contributed by atoms with Crippen LogP contribution in [0.4, 0.5) is 0 Å². The Morgan fingerprint density at radius 2 is 1.71 bits per heavy atom. The van der Waals surface area contributed by atoms with Gasteiger partial charge in [-0.2, -0.15) is 0 Å². The molecule has 1 saturated carbocycles. The van der Waals surface area contributed by atoms with Crippen LogP contribution in [0.2, 0.25) is 5.15 Å². The number of halogens is 2. The summed E-state index contributed by atoms with van der Waals surface area (Å²) in [5.41, 5.74) is 0.988. The third-order valence-electron chi connectivity index (χ3n) is 5.63. The molecule has 0 atom stereocenters. The Morgan fingerprint density at radius 1 is 1.04 bits per heavy atom. The van der Waals surface area contributed by atoms with Gasteiger partial charge in [-0.3, -0.25) is 4.90 Å². The molecular formula is C17H23ClIN5. The summed E-state index contributed by atoms with van der Waals surface area (Å²) in [4.78, 5) is 13.8. The van der Waals surface area contributed by atoms with E-state index in [1.54, 1.807) is 6.33 Å². The first-order chi connectivity index (χ1) is 11.6. The van der Waals surface area contributed by atoms with Crippen molar-refractivity contribution in [1.29, 1.82) is 0 Å². The number of aromatic nitrogens is 3. The minimum Gasteiger partial charge on any atom is -0.328 e. The van der Waals surface area contributed by atoms with Crippen LogP contribution >= 0.6 is 34.2 Å². The van der Waals surface area contributed by atoms with Crippen molar-refractivity contribution in [3.8, 4) is 0 Å². The molecule has 4 rings (SSSR count). The summed E-state index contributed by atoms with van der Waals surface area (Å²) in [6.07, 6.45) is 8.78. The van der Waals surface area contributed by atoms with Crippen molar-refractivity contribution in [3.05, 3.63) is 21.2 Å². The lowest BCUT2D eigenvalue weighted by atomic mass is 9.89. The van der Waals surface area contributed by atoms with E-state index in [9.17, 15) is 0 Å². The van der Waals surface area contributed by atoms with Crippen LogP contribution in [0.5, 0.6) is 0 Å². The van der Waals surface area contributed by atoms with Gasteiger partial charge in [-0.25, -0.2) is 9.97 Å². The molecule has 1 aliphatic carbocycles. The number of nitrogens with zero attached hydrogens (tertiary/aromatic N) is 5. The summed E-state index contributed by atoms with van der Waals surface area (Å²) < 4.78 is 3.49. The monoisotopic (exact) mass is 459 g/mol. The maximum Gasteiger partial charge on any atom is 0.146 e. The SMILES string of the molecule is CN1CCN(C2CCC(n3cc(I)c4c(Cl)ncnc43)CC2)CC1. The normalized spacial score (nSPS) is 27.0. The third kappa shape index (κ3) is 3.18. The zero-order valence-corrected chi connectivity index (χ0v) is 16.9. The molecule has 0 amide bonds. The summed E-state index contributed by atoms with van der Waals surface area (Å²) in [6.45, 7) is 4.85. The number of hydrogen-bond donors (Lipinski definition) is 0. The van der Waals surface area contributed by atoms with E-state index >= 15 is 0 Å². The highest BCUT2D eigenvalue weighted by Crippen LogP contribution is 2.36. The maximum atomic E-state index is 6.27. The van der Waals surface area contributed by atoms with Crippen LogP contribution in [0.3, 0.4) is 0 Å². The van der Waals surface area contributed by atoms with Gasteiger partial charge in [0.15, 0.2) is 0 Å². The van der Waals surface area contributed by atoms with E-state index in [0.29, 0.717) is 11.2 Å². The van der Waals surface area contributed by atoms with Crippen LogP contribution in [0.15, 0.2) is 12.5 Å². The Hall–Kier alpha value is -0.440. The van der Waals surface area contributed by atoms with Crippen molar-refractivity contribution in [3.63, 3.8) is 0 Å². The molecule has 5 nitrogen and oxygen atoms in total. The lowest BCUT2D eigenvalue weighted by Crippen LogP contribution is -2.49. The quantitative estimate of drug-likeness (QED) is 0.509. The standard InChI is InChI=1S/C17H23ClIN5/c1-22-6-8-23(9-7-22)12-2-4-13(5-3-12)24-10-14(19)15-16(18)20-11-21-17(15)24/h10-13H,2-9H2,1H3. The zero-order valence-electron chi connectivity index (χ0n) is 14.0. The molecule has 2 fully saturated rings. The Kier molecular flexibility index (Phi) is 5.00. The minimum absolute atomic E-state index is 0.533. The Balaban J connectivity index is 1.47. The second kappa shape index (κ2) is 7.05. The topological polar surface area (TPSA) is 37.2 Å². The van der Waals surface area contributed by atoms with Gasteiger partial charge >= 0.3 is 0 Å². The molecule has 0 bridgehead atoms. The summed E-state index contributed by atoms with van der Waals surface area (Å²) in [5.74, 6) is 0. The molecule has 1 saturated heterocycles. The summed E-state index contributed by atoms with van der Waals surface area (Å²) in [6, 6.07) is 1.29. The van der Waals surface area contributed by atoms with Crippen molar-refractivity contribution in [1.82, 2.24) is 24.3 Å². The van der Waals surface area contributed by atoms with E-state index in [0.717, 1.165) is 20.6 Å². The smallest absolute Gasteiger partial charge is 0.146 e. The van der Waals surface area contributed by atoms with Gasteiger partial charge in [0.2, 0.25) is 0 Å². The second-order valence-electron chi connectivity index (χ2n) is 7.05. The highest BCUT2D eigenvalue weighted by atomic mass is 127. The van der Waals surface area contributed by atoms with E-state index < -0.39 is 0 Å². The summed E-state index contributed by atoms with van der Waals surface area (Å²) in [7, 11) is 2.22. The average molecular weight is 460 g/mol. The van der Waals surface area contributed by atoms with Gasteiger partial charge in [-0.05, 0) is 55.3 Å². The molecule has 130 valence electrons. The highest BCUT2D eigenvalue weighted by molar-refractivity contribution is 14.1. The number of hydrogen-bond acceptors (Lipinski definition) is 4. The summed E-state index contributed by atoms with van der Waals surface area (Å²) >= 11 is 8.61. The molecule has 0 radical (unpaired) electrons. The molecule has 7 heteroatoms. The Bertz CT molecular complexity index is 717. The van der Waals surface area contributed by atoms with Crippen LogP contribution in [0.1, 0.15) is 31.7 Å². The van der Waals surface area contributed by atoms with Gasteiger partial charge < -0.3 is 9.47 Å². The summed E-state index contributed by atoms with van der Waals surface area (Å²) in [5, 5.41) is 1.57. The Labute approximate surface area is 161 Å². The maximum absolute atomic E-state index is 6.27. The lowest BCUT2D eigenvalue weighted by Gasteiger charge is -2.41. The van der Waals surface area contributed by atoms with Crippen molar-refractivity contribution < 1.29 is 0 Å². The third-order valence-corrected chi connectivity index (χ3v) is 6.74. The molecule has 3 heterocycles. The number of rotatable bonds is 2. The van der Waals surface area contributed by atoms with Gasteiger partial charge in [0, 0.05) is 48.0 Å². The predicted octanol–water partition coefficient (Wildman–Crippen LogP) is 3.42. The highest BCUT2D eigenvalue weighted by Gasteiger charge is 2.29. The molecule has 1 aliphatic heterocycles. The van der Waals surface area contributed by atoms with E-state index in [1.807, 2.05) is 0 Å². The van der Waals surface area contributed by atoms with Crippen molar-refractivity contribution in [2.24, 2.45) is 0 Å². The van der Waals surface area contributed by atoms with Gasteiger partial charge in [-0.15, -0.1) is 0 Å². The largest absolute Gasteiger partial charge is 0.328 e. The molecule has 0 N–H and O–H groups in total. The van der Waals surface area contributed by atoms with Gasteiger partial charge in [-0.1, -0.05) is 11.6 Å². The second-order valence-corrected chi connectivity index (χ2v) is 8.57. The van der Waals surface area contributed by atoms with Crippen molar-refractivity contribution in [2.75, 3.05) is 33.2 Å². The molecule has 2 aromatic heterocycles. The van der Waals surface area contributed by atoms with Crippen LogP contribution < -0.4 is 0 Å². The van der Waals surface area contributed by atoms with Gasteiger partial charge in [0.05, 0.1) is 5.39 Å². The molecule has 2 aliphatic rings. The first-order valence-electron chi connectivity index (χ1n) is 8.72. The van der Waals surface area contributed by atoms with Crippen molar-refractivity contribution >= 4 is 45.2 Å². The number of fused-ring (bicyclic) bond motifs is 1. The Morgan fingerprint density at radius 3 is 2.42 bits per heavy atom. The minimum atomic E-state index is 0.533. The fourth-order valence-corrected chi connectivity index (χ4v) is 5.36. The van der Waals surface area contributed by atoms with Crippen LogP contribution in [0.25, 0.3) is 11.0 Å². The van der Waals surface area contributed by atoms with E-state index in [-0.39, 0.29) is 0 Å². The van der Waals surface area contributed by atoms with Crippen molar-refractivity contribution in [2.45, 2.75) is 37.8 Å². The van der Waals surface area contributed by atoms with E-state index in [2.05, 4.69) is 60.2 Å². The van der Waals surface area contributed by atoms with Crippen LogP contribution in [0, 0.1) is 3.57 Å². The number of likely N-dealkylation sites (N-methyl/N-ethyl adjacent to an activating group) is 1. The fourth-order valence-electron chi connectivity index (χ4n) is 4.17. The first kappa shape index (κ1) is 17.0. The molecule has 0 unspecified atom stereocenters. The molecule has 24 heavy (non-hydrogen) atoms. The van der Waals surface area contributed by atoms with Crippen LogP contribution in [-0.2, 0) is 0 Å². The van der Waals surface area contributed by atoms with E-state index in [4.69, 9.17) is 11.6 Å². The first-order valence-corrected chi connectivity index (χ1v) is 10.2. The zero-order chi connectivity index (χ0) is 16.7. The molecule has 0 aromatic carbocycles. The fraction of sp³-hybridized carbons (Fsp3) is 0.647. The molecule has 2 aromatic rings. The molecule has 0 spiro atoms. The lowest BCUT2D eigenvalue weighted by molar-refractivity contribution is 0.0827. The van der Waals surface area contributed by atoms with Gasteiger partial charge in [0.1, 0.15) is 17.1 Å². The average Bonchev–Trinajstić information content (AvgIpc) is 2.94.